The van der Waals surface area contributed by atoms with E-state index in [0.717, 1.165) is 17.0 Å². The third-order valence-corrected chi connectivity index (χ3v) is 4.19. The molecule has 0 bridgehead atoms. The Balaban J connectivity index is 2.93. The Kier molecular flexibility index (Phi) is 5.71. The number of carbonyl (C=O) groups excluding carboxylic acids is 1. The molecule has 0 aromatic heterocycles. The number of benzene rings is 1. The summed E-state index contributed by atoms with van der Waals surface area (Å²) < 4.78 is 30.9. The molecule has 0 aliphatic carbocycles. The van der Waals surface area contributed by atoms with Crippen LogP contribution >= 0.6 is 67.8 Å². The zero-order valence-electron chi connectivity index (χ0n) is 8.33. The topological polar surface area (TPSA) is 72.5 Å². The van der Waals surface area contributed by atoms with E-state index < -0.39 is 16.1 Å². The minimum Gasteiger partial charge on any atom is -0.407 e. The summed E-state index contributed by atoms with van der Waals surface area (Å²) in [6, 6.07) is 3.65. The van der Waals surface area contributed by atoms with Crippen LogP contribution in [0.5, 0.6) is 5.75 Å². The van der Waals surface area contributed by atoms with Crippen molar-refractivity contribution in [2.24, 2.45) is 0 Å². The molecular formula is C8H6I3NO4S. The van der Waals surface area contributed by atoms with Gasteiger partial charge in [-0.1, -0.05) is 0 Å². The summed E-state index contributed by atoms with van der Waals surface area (Å²) in [5.74, 6) is 0.354. The van der Waals surface area contributed by atoms with Gasteiger partial charge in [-0.15, -0.1) is 0 Å². The van der Waals surface area contributed by atoms with Gasteiger partial charge in [-0.3, -0.25) is 0 Å². The van der Waals surface area contributed by atoms with Crippen LogP contribution in [0, 0.1) is 10.7 Å². The molecule has 0 saturated carbocycles. The molecule has 1 amide bonds. The molecule has 0 aliphatic rings. The second kappa shape index (κ2) is 6.18. The number of halogens is 3. The highest BCUT2D eigenvalue weighted by molar-refractivity contribution is 14.1. The summed E-state index contributed by atoms with van der Waals surface area (Å²) in [4.78, 5) is 11.3. The van der Waals surface area contributed by atoms with Crippen molar-refractivity contribution in [1.82, 2.24) is 4.72 Å². The number of carbonyl (C=O) groups is 1. The summed E-state index contributed by atoms with van der Waals surface area (Å²) in [5, 5.41) is 0. The predicted octanol–water partition coefficient (Wildman–Crippen LogP) is 2.55. The minimum atomic E-state index is -3.61. The van der Waals surface area contributed by atoms with Gasteiger partial charge < -0.3 is 4.74 Å². The highest BCUT2D eigenvalue weighted by atomic mass is 127. The number of sulfonamides is 1. The van der Waals surface area contributed by atoms with Crippen LogP contribution in [-0.2, 0) is 10.0 Å². The van der Waals surface area contributed by atoms with Crippen LogP contribution < -0.4 is 9.46 Å². The van der Waals surface area contributed by atoms with E-state index in [2.05, 4.69) is 22.6 Å². The summed E-state index contributed by atoms with van der Waals surface area (Å²) in [6.07, 6.45) is -0.123. The standard InChI is InChI=1S/C8H6I3NO4S/c1-17(14,15)12-8(13)16-7-5(10)2-4(9)3-6(7)11/h2-3H,1H3,(H,12,13). The van der Waals surface area contributed by atoms with Gasteiger partial charge in [-0.25, -0.2) is 17.9 Å². The lowest BCUT2D eigenvalue weighted by atomic mass is 10.3. The van der Waals surface area contributed by atoms with Crippen LogP contribution in [0.4, 0.5) is 4.79 Å². The molecule has 0 radical (unpaired) electrons. The third kappa shape index (κ3) is 5.42. The molecule has 0 saturated heterocycles. The van der Waals surface area contributed by atoms with E-state index in [-0.39, 0.29) is 0 Å². The van der Waals surface area contributed by atoms with Crippen LogP contribution in [-0.4, -0.2) is 20.8 Å². The van der Waals surface area contributed by atoms with E-state index in [1.54, 1.807) is 4.72 Å². The lowest BCUT2D eigenvalue weighted by molar-refractivity contribution is 0.206. The van der Waals surface area contributed by atoms with Gasteiger partial charge in [0.05, 0.1) is 13.4 Å². The van der Waals surface area contributed by atoms with Crippen LogP contribution in [0.15, 0.2) is 12.1 Å². The molecule has 0 spiro atoms. The first-order valence-electron chi connectivity index (χ1n) is 4.03. The smallest absolute Gasteiger partial charge is 0.407 e. The highest BCUT2D eigenvalue weighted by Crippen LogP contribution is 2.29. The van der Waals surface area contributed by atoms with Gasteiger partial charge in [0, 0.05) is 3.57 Å². The number of amides is 1. The lowest BCUT2D eigenvalue weighted by Gasteiger charge is -2.09. The third-order valence-electron chi connectivity index (χ3n) is 1.43. The molecule has 1 aromatic rings. The Hall–Kier alpha value is 0.630. The first kappa shape index (κ1) is 15.7. The van der Waals surface area contributed by atoms with Crippen LogP contribution in [0.3, 0.4) is 0 Å². The summed E-state index contributed by atoms with van der Waals surface area (Å²) in [6.45, 7) is 0. The van der Waals surface area contributed by atoms with Gasteiger partial charge in [0.15, 0.2) is 5.75 Å². The first-order valence-corrected chi connectivity index (χ1v) is 9.16. The highest BCUT2D eigenvalue weighted by Gasteiger charge is 2.15. The number of hydrogen-bond acceptors (Lipinski definition) is 4. The maximum absolute atomic E-state index is 11.3. The number of nitrogens with one attached hydrogen (secondary N) is 1. The molecule has 9 heteroatoms. The number of ether oxygens (including phenoxy) is 1. The molecule has 0 fully saturated rings. The quantitative estimate of drug-likeness (QED) is 0.536. The summed E-state index contributed by atoms with van der Waals surface area (Å²) in [5.41, 5.74) is 0. The van der Waals surface area contributed by atoms with Gasteiger partial charge in [0.1, 0.15) is 0 Å². The fourth-order valence-electron chi connectivity index (χ4n) is 0.891. The Labute approximate surface area is 140 Å². The normalized spacial score (nSPS) is 11.1. The molecule has 1 aromatic carbocycles. The van der Waals surface area contributed by atoms with Crippen LogP contribution in [0.2, 0.25) is 0 Å². The Bertz CT molecular complexity index is 535. The lowest BCUT2D eigenvalue weighted by Crippen LogP contribution is -2.32. The van der Waals surface area contributed by atoms with Crippen molar-refractivity contribution in [3.05, 3.63) is 22.8 Å². The average Bonchev–Trinajstić information content (AvgIpc) is 2.08. The van der Waals surface area contributed by atoms with Crippen LogP contribution in [0.1, 0.15) is 0 Å². The van der Waals surface area contributed by atoms with Gasteiger partial charge in [-0.2, -0.15) is 0 Å². The van der Waals surface area contributed by atoms with Crippen molar-refractivity contribution < 1.29 is 17.9 Å². The minimum absolute atomic E-state index is 0.354. The molecule has 17 heavy (non-hydrogen) atoms. The molecular weight excluding hydrogens is 587 g/mol. The molecule has 0 heterocycles. The second-order valence-electron chi connectivity index (χ2n) is 2.96. The van der Waals surface area contributed by atoms with E-state index in [9.17, 15) is 13.2 Å². The SMILES string of the molecule is CS(=O)(=O)NC(=O)Oc1c(I)cc(I)cc1I. The van der Waals surface area contributed by atoms with Gasteiger partial charge >= 0.3 is 6.09 Å². The molecule has 0 atom stereocenters. The van der Waals surface area contributed by atoms with Crippen molar-refractivity contribution in [3.63, 3.8) is 0 Å². The average molecular weight is 593 g/mol. The van der Waals surface area contributed by atoms with Gasteiger partial charge in [0.25, 0.3) is 0 Å². The van der Waals surface area contributed by atoms with Crippen molar-refractivity contribution in [1.29, 1.82) is 0 Å². The van der Waals surface area contributed by atoms with E-state index in [1.807, 2.05) is 57.3 Å². The molecule has 94 valence electrons. The van der Waals surface area contributed by atoms with Crippen LogP contribution in [0.25, 0.3) is 0 Å². The molecule has 1 N–H and O–H groups in total. The molecule has 1 rings (SSSR count). The van der Waals surface area contributed by atoms with E-state index in [4.69, 9.17) is 4.74 Å². The van der Waals surface area contributed by atoms with E-state index in [0.29, 0.717) is 5.75 Å². The first-order chi connectivity index (χ1) is 7.69. The van der Waals surface area contributed by atoms with Gasteiger partial charge in [-0.05, 0) is 79.9 Å². The molecule has 0 aliphatic heterocycles. The number of rotatable bonds is 2. The molecule has 0 unspecified atom stereocenters. The summed E-state index contributed by atoms with van der Waals surface area (Å²) in [7, 11) is -3.61. The summed E-state index contributed by atoms with van der Waals surface area (Å²) >= 11 is 6.18. The molecule has 5 nitrogen and oxygen atoms in total. The van der Waals surface area contributed by atoms with Gasteiger partial charge in [0.2, 0.25) is 10.0 Å². The Morgan fingerprint density at radius 1 is 1.24 bits per heavy atom. The maximum Gasteiger partial charge on any atom is 0.426 e. The van der Waals surface area contributed by atoms with E-state index in [1.165, 1.54) is 0 Å². The van der Waals surface area contributed by atoms with E-state index >= 15 is 0 Å². The van der Waals surface area contributed by atoms with Crippen molar-refractivity contribution in [2.75, 3.05) is 6.26 Å². The fourth-order valence-corrected chi connectivity index (χ4v) is 5.04. The van der Waals surface area contributed by atoms with Crippen molar-refractivity contribution in [3.8, 4) is 5.75 Å². The Morgan fingerprint density at radius 3 is 2.12 bits per heavy atom. The predicted molar refractivity (Wildman–Crippen MR) is 88.6 cm³/mol. The maximum atomic E-state index is 11.3. The fraction of sp³-hybridized carbons (Fsp3) is 0.125. The zero-order valence-corrected chi connectivity index (χ0v) is 15.6. The largest absolute Gasteiger partial charge is 0.426 e. The van der Waals surface area contributed by atoms with Crippen molar-refractivity contribution >= 4 is 83.9 Å². The Morgan fingerprint density at radius 2 is 1.71 bits per heavy atom. The van der Waals surface area contributed by atoms with Crippen molar-refractivity contribution in [2.45, 2.75) is 0 Å². The number of hydrogen-bond donors (Lipinski definition) is 1. The second-order valence-corrected chi connectivity index (χ2v) is 8.28. The zero-order chi connectivity index (χ0) is 13.2. The monoisotopic (exact) mass is 593 g/mol.